The lowest BCUT2D eigenvalue weighted by Crippen LogP contribution is -2.04. The van der Waals surface area contributed by atoms with Gasteiger partial charge in [-0.15, -0.1) is 0 Å². The molecule has 0 aliphatic heterocycles. The molecule has 0 aliphatic carbocycles. The van der Waals surface area contributed by atoms with Gasteiger partial charge in [0.05, 0.1) is 13.2 Å². The van der Waals surface area contributed by atoms with E-state index in [4.69, 9.17) is 9.47 Å². The second-order valence-corrected chi connectivity index (χ2v) is 2.69. The van der Waals surface area contributed by atoms with Gasteiger partial charge >= 0.3 is 0 Å². The molecule has 0 heterocycles. The van der Waals surface area contributed by atoms with Crippen LogP contribution in [0.1, 0.15) is 19.8 Å². The average molecular weight is 178 g/mol. The summed E-state index contributed by atoms with van der Waals surface area (Å²) in [5, 5.41) is 0. The quantitative estimate of drug-likeness (QED) is 0.451. The molecule has 2 nitrogen and oxygen atoms in total. The van der Waals surface area contributed by atoms with E-state index in [1.54, 1.807) is 0 Å². The molecule has 0 atom stereocenters. The normalized spacial score (nSPS) is 10.4. The van der Waals surface area contributed by atoms with Crippen molar-refractivity contribution >= 4 is 12.6 Å². The molecule has 0 fully saturated rings. The fourth-order valence-electron chi connectivity index (χ4n) is 0.680. The van der Waals surface area contributed by atoms with Crippen molar-refractivity contribution in [2.45, 2.75) is 19.8 Å². The van der Waals surface area contributed by atoms with Gasteiger partial charge in [0.15, 0.2) is 0 Å². The van der Waals surface area contributed by atoms with Gasteiger partial charge in [-0.2, -0.15) is 12.6 Å². The lowest BCUT2D eigenvalue weighted by Gasteiger charge is -2.02. The highest BCUT2D eigenvalue weighted by molar-refractivity contribution is 7.80. The summed E-state index contributed by atoms with van der Waals surface area (Å²) in [7, 11) is 0. The van der Waals surface area contributed by atoms with Crippen LogP contribution < -0.4 is 0 Å². The second kappa shape index (κ2) is 10.3. The van der Waals surface area contributed by atoms with E-state index in [2.05, 4.69) is 12.6 Å². The first-order valence-corrected chi connectivity index (χ1v) is 4.81. The van der Waals surface area contributed by atoms with Gasteiger partial charge in [-0.1, -0.05) is 0 Å². The molecular formula is C8H18O2S. The lowest BCUT2D eigenvalue weighted by atomic mass is 10.4. The Kier molecular flexibility index (Phi) is 10.5. The van der Waals surface area contributed by atoms with E-state index in [1.165, 1.54) is 0 Å². The van der Waals surface area contributed by atoms with E-state index in [-0.39, 0.29) is 0 Å². The highest BCUT2D eigenvalue weighted by atomic mass is 32.1. The van der Waals surface area contributed by atoms with Crippen LogP contribution in [0.5, 0.6) is 0 Å². The van der Waals surface area contributed by atoms with Crippen LogP contribution in [0.4, 0.5) is 0 Å². The van der Waals surface area contributed by atoms with E-state index in [0.717, 1.165) is 45.0 Å². The third-order valence-electron chi connectivity index (χ3n) is 1.27. The van der Waals surface area contributed by atoms with Crippen LogP contribution in [0.25, 0.3) is 0 Å². The van der Waals surface area contributed by atoms with Gasteiger partial charge in [-0.25, -0.2) is 0 Å². The summed E-state index contributed by atoms with van der Waals surface area (Å²) in [6.45, 7) is 5.05. The van der Waals surface area contributed by atoms with Crippen LogP contribution in [0, 0.1) is 0 Å². The molecule has 0 aromatic carbocycles. The highest BCUT2D eigenvalue weighted by Gasteiger charge is 1.87. The van der Waals surface area contributed by atoms with Crippen molar-refractivity contribution < 1.29 is 9.47 Å². The highest BCUT2D eigenvalue weighted by Crippen LogP contribution is 1.91. The maximum absolute atomic E-state index is 5.28. The van der Waals surface area contributed by atoms with Gasteiger partial charge in [0.1, 0.15) is 0 Å². The molecule has 0 aromatic rings. The SMILES string of the molecule is CCOCCOCCCCS. The van der Waals surface area contributed by atoms with Crippen molar-refractivity contribution in [3.63, 3.8) is 0 Å². The van der Waals surface area contributed by atoms with Crippen molar-refractivity contribution in [3.8, 4) is 0 Å². The molecule has 0 aliphatic rings. The summed E-state index contributed by atoms with van der Waals surface area (Å²) in [6.07, 6.45) is 2.24. The number of hydrogen-bond donors (Lipinski definition) is 1. The molecule has 0 N–H and O–H groups in total. The van der Waals surface area contributed by atoms with Crippen LogP contribution in [0.15, 0.2) is 0 Å². The molecule has 3 heteroatoms. The zero-order chi connectivity index (χ0) is 8.36. The molecule has 0 bridgehead atoms. The van der Waals surface area contributed by atoms with Crippen LogP contribution in [-0.2, 0) is 9.47 Å². The van der Waals surface area contributed by atoms with Crippen LogP contribution >= 0.6 is 12.6 Å². The molecule has 0 amide bonds. The van der Waals surface area contributed by atoms with E-state index in [9.17, 15) is 0 Å². The van der Waals surface area contributed by atoms with Gasteiger partial charge in [0.2, 0.25) is 0 Å². The minimum absolute atomic E-state index is 0.720. The molecular weight excluding hydrogens is 160 g/mol. The molecule has 11 heavy (non-hydrogen) atoms. The molecule has 0 rings (SSSR count). The van der Waals surface area contributed by atoms with E-state index in [1.807, 2.05) is 6.92 Å². The Labute approximate surface area is 74.7 Å². The van der Waals surface area contributed by atoms with Gasteiger partial charge < -0.3 is 9.47 Å². The summed E-state index contributed by atoms with van der Waals surface area (Å²) in [6, 6.07) is 0. The van der Waals surface area contributed by atoms with Crippen LogP contribution in [0.3, 0.4) is 0 Å². The van der Waals surface area contributed by atoms with Crippen LogP contribution in [-0.4, -0.2) is 32.2 Å². The molecule has 0 spiro atoms. The Morgan fingerprint density at radius 2 is 1.73 bits per heavy atom. The van der Waals surface area contributed by atoms with Crippen molar-refractivity contribution in [3.05, 3.63) is 0 Å². The number of ether oxygens (including phenoxy) is 2. The minimum atomic E-state index is 0.720. The molecule has 0 unspecified atom stereocenters. The fourth-order valence-corrected chi connectivity index (χ4v) is 0.904. The number of rotatable bonds is 8. The maximum atomic E-state index is 5.28. The first-order valence-electron chi connectivity index (χ1n) is 4.18. The van der Waals surface area contributed by atoms with E-state index < -0.39 is 0 Å². The van der Waals surface area contributed by atoms with E-state index >= 15 is 0 Å². The maximum Gasteiger partial charge on any atom is 0.0700 e. The Balaban J connectivity index is 2.69. The van der Waals surface area contributed by atoms with Crippen molar-refractivity contribution in [2.24, 2.45) is 0 Å². The smallest absolute Gasteiger partial charge is 0.0700 e. The molecule has 68 valence electrons. The summed E-state index contributed by atoms with van der Waals surface area (Å²) in [5.74, 6) is 0.953. The average Bonchev–Trinajstić information content (AvgIpc) is 2.03. The molecule has 0 radical (unpaired) electrons. The van der Waals surface area contributed by atoms with Gasteiger partial charge in [0, 0.05) is 13.2 Å². The Morgan fingerprint density at radius 1 is 1.00 bits per heavy atom. The number of thiol groups is 1. The third kappa shape index (κ3) is 10.3. The Bertz CT molecular complexity index is 61.1. The number of unbranched alkanes of at least 4 members (excludes halogenated alkanes) is 1. The first-order chi connectivity index (χ1) is 5.41. The van der Waals surface area contributed by atoms with E-state index in [0.29, 0.717) is 0 Å². The molecule has 0 saturated heterocycles. The summed E-state index contributed by atoms with van der Waals surface area (Å²) >= 11 is 4.10. The fraction of sp³-hybridized carbons (Fsp3) is 1.00. The van der Waals surface area contributed by atoms with Crippen molar-refractivity contribution in [1.29, 1.82) is 0 Å². The first kappa shape index (κ1) is 11.3. The summed E-state index contributed by atoms with van der Waals surface area (Å²) in [5.41, 5.74) is 0. The summed E-state index contributed by atoms with van der Waals surface area (Å²) in [4.78, 5) is 0. The predicted octanol–water partition coefficient (Wildman–Crippen LogP) is 1.75. The molecule has 0 aromatic heterocycles. The second-order valence-electron chi connectivity index (χ2n) is 2.24. The molecule has 0 saturated carbocycles. The van der Waals surface area contributed by atoms with Crippen LogP contribution in [0.2, 0.25) is 0 Å². The Morgan fingerprint density at radius 3 is 2.36 bits per heavy atom. The Hall–Kier alpha value is 0.270. The lowest BCUT2D eigenvalue weighted by molar-refractivity contribution is 0.0518. The summed E-state index contributed by atoms with van der Waals surface area (Å²) < 4.78 is 10.4. The van der Waals surface area contributed by atoms with Crippen molar-refractivity contribution in [2.75, 3.05) is 32.2 Å². The van der Waals surface area contributed by atoms with Crippen molar-refractivity contribution in [1.82, 2.24) is 0 Å². The number of hydrogen-bond acceptors (Lipinski definition) is 3. The minimum Gasteiger partial charge on any atom is -0.379 e. The van der Waals surface area contributed by atoms with Gasteiger partial charge in [-0.3, -0.25) is 0 Å². The topological polar surface area (TPSA) is 18.5 Å². The monoisotopic (exact) mass is 178 g/mol. The largest absolute Gasteiger partial charge is 0.379 e. The van der Waals surface area contributed by atoms with Gasteiger partial charge in [-0.05, 0) is 25.5 Å². The zero-order valence-electron chi connectivity index (χ0n) is 7.21. The zero-order valence-corrected chi connectivity index (χ0v) is 8.11. The van der Waals surface area contributed by atoms with Gasteiger partial charge in [0.25, 0.3) is 0 Å². The third-order valence-corrected chi connectivity index (χ3v) is 1.59. The predicted molar refractivity (Wildman–Crippen MR) is 50.4 cm³/mol. The standard InChI is InChI=1S/C8H18O2S/c1-2-9-6-7-10-5-3-4-8-11/h11H,2-8H2,1H3.